The molecule has 0 amide bonds. The fraction of sp³-hybridized carbons (Fsp3) is 1.00. The molecule has 0 aliphatic carbocycles. The average molecular weight is 654 g/mol. The van der Waals surface area contributed by atoms with Gasteiger partial charge in [-0.15, -0.1) is 0 Å². The quantitative estimate of drug-likeness (QED) is 0.0332. The summed E-state index contributed by atoms with van der Waals surface area (Å²) in [6, 6.07) is 0. The van der Waals surface area contributed by atoms with E-state index < -0.39 is 7.82 Å². The van der Waals surface area contributed by atoms with Crippen molar-refractivity contribution in [3.8, 4) is 0 Å². The Morgan fingerprint density at radius 1 is 0.318 bits per heavy atom. The van der Waals surface area contributed by atoms with Crippen LogP contribution in [0, 0.1) is 0 Å². The highest BCUT2D eigenvalue weighted by Gasteiger charge is 2.00. The van der Waals surface area contributed by atoms with Crippen molar-refractivity contribution in [2.24, 2.45) is 17.2 Å². The molecule has 0 saturated carbocycles. The first-order chi connectivity index (χ1) is 21.2. The van der Waals surface area contributed by atoms with E-state index >= 15 is 0 Å². The Labute approximate surface area is 276 Å². The summed E-state index contributed by atoms with van der Waals surface area (Å²) < 4.78 is 8.88. The zero-order valence-corrected chi connectivity index (χ0v) is 31.2. The minimum atomic E-state index is -4.64. The molecule has 0 rings (SSSR count). The Kier molecular flexibility index (Phi) is 57.6. The van der Waals surface area contributed by atoms with Crippen LogP contribution in [0.1, 0.15) is 213 Å². The summed E-state index contributed by atoms with van der Waals surface area (Å²) in [5.74, 6) is 0. The molecule has 0 atom stereocenters. The van der Waals surface area contributed by atoms with Gasteiger partial charge in [0, 0.05) is 0 Å². The highest BCUT2D eigenvalue weighted by Crippen LogP contribution is 2.25. The predicted octanol–water partition coefficient (Wildman–Crippen LogP) is 10.7. The molecule has 272 valence electrons. The average Bonchev–Trinajstić information content (AvgIpc) is 2.98. The second-order valence-corrected chi connectivity index (χ2v) is 13.5. The lowest BCUT2D eigenvalue weighted by Crippen LogP contribution is -1.97. The van der Waals surface area contributed by atoms with Gasteiger partial charge in [0.1, 0.15) is 0 Å². The third-order valence-corrected chi connectivity index (χ3v) is 7.67. The molecule has 0 aliphatic heterocycles. The van der Waals surface area contributed by atoms with Gasteiger partial charge in [-0.2, -0.15) is 0 Å². The number of unbranched alkanes of at least 4 members (excludes halogenated alkanes) is 27. The van der Waals surface area contributed by atoms with Gasteiger partial charge in [0.05, 0.1) is 0 Å². The zero-order valence-electron chi connectivity index (χ0n) is 30.3. The van der Waals surface area contributed by atoms with E-state index in [-0.39, 0.29) is 0 Å². The lowest BCUT2D eigenvalue weighted by molar-refractivity contribution is 0.275. The number of rotatable bonds is 30. The van der Waals surface area contributed by atoms with Crippen molar-refractivity contribution in [2.75, 3.05) is 19.6 Å². The molecule has 0 aromatic heterocycles. The summed E-state index contributed by atoms with van der Waals surface area (Å²) in [5.41, 5.74) is 16.3. The molecule has 0 bridgehead atoms. The highest BCUT2D eigenvalue weighted by molar-refractivity contribution is 7.45. The Morgan fingerprint density at radius 3 is 0.545 bits per heavy atom. The molecule has 0 unspecified atom stereocenters. The second kappa shape index (κ2) is 49.9. The van der Waals surface area contributed by atoms with Crippen LogP contribution in [0.4, 0.5) is 0 Å². The predicted molar refractivity (Wildman–Crippen MR) is 197 cm³/mol. The van der Waals surface area contributed by atoms with Crippen LogP contribution in [0.25, 0.3) is 0 Å². The van der Waals surface area contributed by atoms with E-state index in [1.807, 2.05) is 0 Å². The molecule has 0 aromatic carbocycles. The van der Waals surface area contributed by atoms with E-state index in [4.69, 9.17) is 36.4 Å². The summed E-state index contributed by atoms with van der Waals surface area (Å²) >= 11 is 0. The molecular weight excluding hydrogens is 569 g/mol. The van der Waals surface area contributed by atoms with Crippen LogP contribution in [0.3, 0.4) is 0 Å². The number of phosphoric acid groups is 1. The van der Waals surface area contributed by atoms with Gasteiger partial charge in [0.15, 0.2) is 0 Å². The van der Waals surface area contributed by atoms with E-state index in [2.05, 4.69) is 20.8 Å². The van der Waals surface area contributed by atoms with Crippen molar-refractivity contribution in [3.05, 3.63) is 0 Å². The third-order valence-electron chi connectivity index (χ3n) is 7.67. The largest absolute Gasteiger partial charge is 0.466 e. The summed E-state index contributed by atoms with van der Waals surface area (Å²) in [6.45, 7) is 9.43. The topological polar surface area (TPSA) is 156 Å². The monoisotopic (exact) mass is 654 g/mol. The molecule has 0 fully saturated rings. The molecule has 44 heavy (non-hydrogen) atoms. The standard InChI is InChI=1S/3C12H27N.H3O4P/c3*1-2-3-4-5-6-7-8-9-10-11-12-13;1-5(2,3)4/h3*2-13H2,1H3;(H3,1,2,3,4). The maximum atomic E-state index is 8.88. The van der Waals surface area contributed by atoms with Gasteiger partial charge in [-0.05, 0) is 38.9 Å². The lowest BCUT2D eigenvalue weighted by atomic mass is 10.1. The summed E-state index contributed by atoms with van der Waals surface area (Å²) in [7, 11) is -4.64. The zero-order chi connectivity index (χ0) is 33.8. The van der Waals surface area contributed by atoms with E-state index in [1.54, 1.807) is 0 Å². The molecule has 0 spiro atoms. The van der Waals surface area contributed by atoms with Crippen LogP contribution in [-0.4, -0.2) is 34.3 Å². The SMILES string of the molecule is CCCCCCCCCCCCN.CCCCCCCCCCCCN.CCCCCCCCCCCCN.O=P(O)(O)O. The number of hydrogen-bond acceptors (Lipinski definition) is 4. The summed E-state index contributed by atoms with van der Waals surface area (Å²) in [4.78, 5) is 21.6. The fourth-order valence-electron chi connectivity index (χ4n) is 4.90. The van der Waals surface area contributed by atoms with Gasteiger partial charge >= 0.3 is 7.82 Å². The van der Waals surface area contributed by atoms with Crippen LogP contribution in [0.15, 0.2) is 0 Å². The molecule has 0 radical (unpaired) electrons. The van der Waals surface area contributed by atoms with Crippen LogP contribution < -0.4 is 17.2 Å². The molecular formula is C36H84N3O4P. The smallest absolute Gasteiger partial charge is 0.330 e. The van der Waals surface area contributed by atoms with E-state index in [0.717, 1.165) is 19.6 Å². The highest BCUT2D eigenvalue weighted by atomic mass is 31.2. The Hall–Kier alpha value is -0.0100. The molecule has 7 nitrogen and oxygen atoms in total. The van der Waals surface area contributed by atoms with Gasteiger partial charge in [0.25, 0.3) is 0 Å². The molecule has 0 saturated heterocycles. The van der Waals surface area contributed by atoms with Crippen LogP contribution >= 0.6 is 7.82 Å². The minimum absolute atomic E-state index is 0.872. The van der Waals surface area contributed by atoms with Gasteiger partial charge in [-0.3, -0.25) is 0 Å². The van der Waals surface area contributed by atoms with Crippen molar-refractivity contribution in [2.45, 2.75) is 213 Å². The first kappa shape index (κ1) is 50.8. The molecule has 0 aromatic rings. The number of hydrogen-bond donors (Lipinski definition) is 6. The second-order valence-electron chi connectivity index (χ2n) is 12.4. The number of nitrogens with two attached hydrogens (primary N) is 3. The molecule has 0 heterocycles. The summed E-state index contributed by atoms with van der Waals surface area (Å²) in [6.07, 6.45) is 41.8. The van der Waals surface area contributed by atoms with Crippen LogP contribution in [0.2, 0.25) is 0 Å². The van der Waals surface area contributed by atoms with Crippen molar-refractivity contribution < 1.29 is 19.2 Å². The Morgan fingerprint density at radius 2 is 0.432 bits per heavy atom. The van der Waals surface area contributed by atoms with Gasteiger partial charge < -0.3 is 31.9 Å². The minimum Gasteiger partial charge on any atom is -0.330 e. The fourth-order valence-corrected chi connectivity index (χ4v) is 4.90. The van der Waals surface area contributed by atoms with Gasteiger partial charge in [-0.1, -0.05) is 194 Å². The van der Waals surface area contributed by atoms with Crippen molar-refractivity contribution in [1.82, 2.24) is 0 Å². The molecule has 9 N–H and O–H groups in total. The van der Waals surface area contributed by atoms with Crippen LogP contribution in [-0.2, 0) is 4.57 Å². The molecule has 8 heteroatoms. The van der Waals surface area contributed by atoms with Crippen molar-refractivity contribution in [1.29, 1.82) is 0 Å². The van der Waals surface area contributed by atoms with Gasteiger partial charge in [-0.25, -0.2) is 4.57 Å². The van der Waals surface area contributed by atoms with E-state index in [0.29, 0.717) is 0 Å². The van der Waals surface area contributed by atoms with Crippen molar-refractivity contribution >= 4 is 7.82 Å². The van der Waals surface area contributed by atoms with Gasteiger partial charge in [0.2, 0.25) is 0 Å². The third kappa shape index (κ3) is 78.4. The van der Waals surface area contributed by atoms with E-state index in [1.165, 1.54) is 193 Å². The normalized spacial score (nSPS) is 10.8. The first-order valence-corrected chi connectivity index (χ1v) is 20.7. The van der Waals surface area contributed by atoms with Crippen LogP contribution in [0.5, 0.6) is 0 Å². The van der Waals surface area contributed by atoms with Crippen molar-refractivity contribution in [3.63, 3.8) is 0 Å². The first-order valence-electron chi connectivity index (χ1n) is 19.1. The lowest BCUT2D eigenvalue weighted by Gasteiger charge is -2.00. The van der Waals surface area contributed by atoms with E-state index in [9.17, 15) is 0 Å². The Balaban J connectivity index is -0.000000253. The molecule has 0 aliphatic rings. The maximum absolute atomic E-state index is 8.88. The maximum Gasteiger partial charge on any atom is 0.466 e. The summed E-state index contributed by atoms with van der Waals surface area (Å²) in [5, 5.41) is 0. The Bertz CT molecular complexity index is 405.